The Kier molecular flexibility index (Phi) is 5.93. The molecule has 0 saturated carbocycles. The standard InChI is InChI=1S/C16H23NO5/c1-5-10-6-8-11(9-7-10)13(18)12(14(19)20)17-15(21)22-16(2,3)4/h6-9,12-13,18H,5H2,1-4H3,(H,17,21)(H,19,20)/t12-,13-/m1/s1. The van der Waals surface area contributed by atoms with Gasteiger partial charge in [-0.1, -0.05) is 31.2 Å². The van der Waals surface area contributed by atoms with Crippen molar-refractivity contribution in [2.45, 2.75) is 51.9 Å². The first-order chi connectivity index (χ1) is 10.1. The number of hydrogen-bond acceptors (Lipinski definition) is 4. The van der Waals surface area contributed by atoms with E-state index in [0.29, 0.717) is 5.56 Å². The van der Waals surface area contributed by atoms with E-state index in [1.807, 2.05) is 19.1 Å². The lowest BCUT2D eigenvalue weighted by molar-refractivity contribution is -0.142. The van der Waals surface area contributed by atoms with Gasteiger partial charge in [0, 0.05) is 0 Å². The molecule has 1 aromatic carbocycles. The molecule has 0 fully saturated rings. The fraction of sp³-hybridized carbons (Fsp3) is 0.500. The van der Waals surface area contributed by atoms with Crippen LogP contribution in [0.4, 0.5) is 4.79 Å². The molecule has 0 heterocycles. The van der Waals surface area contributed by atoms with Crippen molar-refractivity contribution in [1.82, 2.24) is 5.32 Å². The third-order valence-corrected chi connectivity index (χ3v) is 2.98. The SMILES string of the molecule is CCc1ccc([C@@H](O)[C@@H](NC(=O)OC(C)(C)C)C(=O)O)cc1. The summed E-state index contributed by atoms with van der Waals surface area (Å²) >= 11 is 0. The predicted octanol–water partition coefficient (Wildman–Crippen LogP) is 2.26. The predicted molar refractivity (Wildman–Crippen MR) is 81.6 cm³/mol. The van der Waals surface area contributed by atoms with E-state index >= 15 is 0 Å². The number of benzene rings is 1. The van der Waals surface area contributed by atoms with E-state index < -0.39 is 29.8 Å². The summed E-state index contributed by atoms with van der Waals surface area (Å²) in [5.41, 5.74) is 0.740. The molecule has 6 heteroatoms. The highest BCUT2D eigenvalue weighted by Gasteiger charge is 2.31. The van der Waals surface area contributed by atoms with Crippen molar-refractivity contribution in [2.75, 3.05) is 0 Å². The fourth-order valence-electron chi connectivity index (χ4n) is 1.85. The second-order valence-corrected chi connectivity index (χ2v) is 6.00. The molecule has 0 aromatic heterocycles. The number of carboxylic acid groups (broad SMARTS) is 1. The molecule has 0 aliphatic carbocycles. The van der Waals surface area contributed by atoms with Gasteiger partial charge in [-0.3, -0.25) is 0 Å². The van der Waals surface area contributed by atoms with Gasteiger partial charge in [0.2, 0.25) is 0 Å². The summed E-state index contributed by atoms with van der Waals surface area (Å²) in [6.45, 7) is 7.00. The molecule has 0 unspecified atom stereocenters. The van der Waals surface area contributed by atoms with Gasteiger partial charge in [-0.2, -0.15) is 0 Å². The Balaban J connectivity index is 2.85. The molecule has 22 heavy (non-hydrogen) atoms. The van der Waals surface area contributed by atoms with Crippen LogP contribution in [0.15, 0.2) is 24.3 Å². The van der Waals surface area contributed by atoms with E-state index in [-0.39, 0.29) is 0 Å². The van der Waals surface area contributed by atoms with E-state index in [4.69, 9.17) is 4.74 Å². The average Bonchev–Trinajstić information content (AvgIpc) is 2.42. The largest absolute Gasteiger partial charge is 0.480 e. The van der Waals surface area contributed by atoms with Gasteiger partial charge in [-0.05, 0) is 38.3 Å². The number of alkyl carbamates (subject to hydrolysis) is 1. The van der Waals surface area contributed by atoms with Crippen LogP contribution < -0.4 is 5.32 Å². The summed E-state index contributed by atoms with van der Waals surface area (Å²) in [6, 6.07) is 5.43. The highest BCUT2D eigenvalue weighted by molar-refractivity contribution is 5.80. The number of aliphatic hydroxyl groups excluding tert-OH is 1. The summed E-state index contributed by atoms with van der Waals surface area (Å²) in [5.74, 6) is -1.34. The van der Waals surface area contributed by atoms with Crippen LogP contribution >= 0.6 is 0 Å². The monoisotopic (exact) mass is 309 g/mol. The molecule has 0 spiro atoms. The van der Waals surface area contributed by atoms with Crippen molar-refractivity contribution in [2.24, 2.45) is 0 Å². The van der Waals surface area contributed by atoms with Gasteiger partial charge < -0.3 is 20.3 Å². The summed E-state index contributed by atoms with van der Waals surface area (Å²) in [7, 11) is 0. The highest BCUT2D eigenvalue weighted by atomic mass is 16.6. The number of amides is 1. The maximum Gasteiger partial charge on any atom is 0.408 e. The molecule has 1 amide bonds. The first-order valence-corrected chi connectivity index (χ1v) is 7.13. The maximum absolute atomic E-state index is 11.7. The van der Waals surface area contributed by atoms with Crippen molar-refractivity contribution in [3.63, 3.8) is 0 Å². The number of carboxylic acids is 1. The lowest BCUT2D eigenvalue weighted by Gasteiger charge is -2.24. The van der Waals surface area contributed by atoms with Crippen LogP contribution in [-0.4, -0.2) is 33.9 Å². The molecular formula is C16H23NO5. The third-order valence-electron chi connectivity index (χ3n) is 2.98. The average molecular weight is 309 g/mol. The van der Waals surface area contributed by atoms with E-state index in [2.05, 4.69) is 5.32 Å². The van der Waals surface area contributed by atoms with Crippen LogP contribution in [0.5, 0.6) is 0 Å². The molecule has 122 valence electrons. The second-order valence-electron chi connectivity index (χ2n) is 6.00. The number of hydrogen-bond donors (Lipinski definition) is 3. The van der Waals surface area contributed by atoms with E-state index in [1.54, 1.807) is 32.9 Å². The minimum atomic E-state index is -1.48. The van der Waals surface area contributed by atoms with Crippen LogP contribution in [0.25, 0.3) is 0 Å². The van der Waals surface area contributed by atoms with Crippen molar-refractivity contribution >= 4 is 12.1 Å². The minimum Gasteiger partial charge on any atom is -0.480 e. The van der Waals surface area contributed by atoms with Crippen LogP contribution in [0.1, 0.15) is 44.9 Å². The molecule has 1 rings (SSSR count). The number of carbonyl (C=O) groups is 2. The van der Waals surface area contributed by atoms with Crippen molar-refractivity contribution in [3.05, 3.63) is 35.4 Å². The zero-order valence-corrected chi connectivity index (χ0v) is 13.3. The molecule has 2 atom stereocenters. The fourth-order valence-corrected chi connectivity index (χ4v) is 1.85. The van der Waals surface area contributed by atoms with Gasteiger partial charge in [-0.15, -0.1) is 0 Å². The number of carbonyl (C=O) groups excluding carboxylic acids is 1. The van der Waals surface area contributed by atoms with Crippen molar-refractivity contribution < 1.29 is 24.5 Å². The van der Waals surface area contributed by atoms with Crippen LogP contribution in [0.3, 0.4) is 0 Å². The summed E-state index contributed by atoms with van der Waals surface area (Å²) in [4.78, 5) is 23.0. The molecule has 6 nitrogen and oxygen atoms in total. The smallest absolute Gasteiger partial charge is 0.408 e. The number of ether oxygens (including phenoxy) is 1. The molecule has 0 aliphatic heterocycles. The van der Waals surface area contributed by atoms with Crippen LogP contribution in [0, 0.1) is 0 Å². The Morgan fingerprint density at radius 2 is 1.77 bits per heavy atom. The van der Waals surface area contributed by atoms with Gasteiger partial charge >= 0.3 is 12.1 Å². The van der Waals surface area contributed by atoms with Crippen molar-refractivity contribution in [3.8, 4) is 0 Å². The zero-order valence-electron chi connectivity index (χ0n) is 13.3. The Morgan fingerprint density at radius 3 is 2.18 bits per heavy atom. The Bertz CT molecular complexity index is 518. The van der Waals surface area contributed by atoms with Gasteiger partial charge in [-0.25, -0.2) is 9.59 Å². The molecular weight excluding hydrogens is 286 g/mol. The zero-order chi connectivity index (χ0) is 16.9. The third kappa shape index (κ3) is 5.37. The van der Waals surface area contributed by atoms with E-state index in [9.17, 15) is 19.8 Å². The number of aliphatic hydroxyl groups is 1. The van der Waals surface area contributed by atoms with E-state index in [1.165, 1.54) is 0 Å². The Morgan fingerprint density at radius 1 is 1.23 bits per heavy atom. The Hall–Kier alpha value is -2.08. The van der Waals surface area contributed by atoms with Crippen molar-refractivity contribution in [1.29, 1.82) is 0 Å². The molecule has 0 bridgehead atoms. The maximum atomic E-state index is 11.7. The van der Waals surface area contributed by atoms with E-state index in [0.717, 1.165) is 12.0 Å². The van der Waals surface area contributed by atoms with Gasteiger partial charge in [0.05, 0.1) is 0 Å². The van der Waals surface area contributed by atoms with Crippen LogP contribution in [-0.2, 0) is 16.0 Å². The molecule has 0 radical (unpaired) electrons. The number of aliphatic carboxylic acids is 1. The van der Waals surface area contributed by atoms with Gasteiger partial charge in [0.25, 0.3) is 0 Å². The quantitative estimate of drug-likeness (QED) is 0.775. The lowest BCUT2D eigenvalue weighted by atomic mass is 10.0. The van der Waals surface area contributed by atoms with Crippen LogP contribution in [0.2, 0.25) is 0 Å². The first kappa shape index (κ1) is 18.0. The van der Waals surface area contributed by atoms with Gasteiger partial charge in [0.1, 0.15) is 11.7 Å². The lowest BCUT2D eigenvalue weighted by Crippen LogP contribution is -2.46. The summed E-state index contributed by atoms with van der Waals surface area (Å²) in [6.07, 6.45) is -1.41. The topological polar surface area (TPSA) is 95.9 Å². The number of aryl methyl sites for hydroxylation is 1. The highest BCUT2D eigenvalue weighted by Crippen LogP contribution is 2.19. The summed E-state index contributed by atoms with van der Waals surface area (Å²) in [5, 5.41) is 21.6. The first-order valence-electron chi connectivity index (χ1n) is 7.13. The second kappa shape index (κ2) is 7.26. The summed E-state index contributed by atoms with van der Waals surface area (Å²) < 4.78 is 5.02. The molecule has 0 aliphatic rings. The Labute approximate surface area is 130 Å². The number of nitrogens with one attached hydrogen (secondary N) is 1. The normalized spacial score (nSPS) is 14.0. The van der Waals surface area contributed by atoms with Gasteiger partial charge in [0.15, 0.2) is 6.04 Å². The molecule has 0 saturated heterocycles. The molecule has 3 N–H and O–H groups in total. The number of rotatable bonds is 5. The minimum absolute atomic E-state index is 0.417. The molecule has 1 aromatic rings.